The predicted molar refractivity (Wildman–Crippen MR) is 74.9 cm³/mol. The third kappa shape index (κ3) is 5.65. The van der Waals surface area contributed by atoms with E-state index >= 15 is 0 Å². The second-order valence-corrected chi connectivity index (χ2v) is 5.17. The molecule has 2 atom stereocenters. The summed E-state index contributed by atoms with van der Waals surface area (Å²) in [6.07, 6.45) is 6.05. The Hall–Kier alpha value is -0.870. The Labute approximate surface area is 112 Å². The number of hydrogen-bond donors (Lipinski definition) is 1. The van der Waals surface area contributed by atoms with Gasteiger partial charge in [0.25, 0.3) is 0 Å². The first-order valence-corrected chi connectivity index (χ1v) is 7.57. The summed E-state index contributed by atoms with van der Waals surface area (Å²) in [6.45, 7) is 4.45. The molecule has 0 aromatic heterocycles. The van der Waals surface area contributed by atoms with Crippen LogP contribution >= 0.6 is 0 Å². The first-order chi connectivity index (χ1) is 8.65. The number of unbranched alkanes of at least 4 members (excludes halogenated alkanes) is 1. The highest BCUT2D eigenvalue weighted by molar-refractivity contribution is 7.74. The molecule has 1 N–H and O–H groups in total. The second kappa shape index (κ2) is 8.27. The Bertz CT molecular complexity index is 362. The minimum absolute atomic E-state index is 0.432. The van der Waals surface area contributed by atoms with Crippen LogP contribution in [-0.2, 0) is 17.8 Å². The van der Waals surface area contributed by atoms with Crippen molar-refractivity contribution < 1.29 is 12.9 Å². The summed E-state index contributed by atoms with van der Waals surface area (Å²) in [5.74, 6) is 1.16. The fourth-order valence-corrected chi connectivity index (χ4v) is 2.32. The van der Waals surface area contributed by atoms with Crippen LogP contribution in [0.1, 0.15) is 45.1 Å². The minimum atomic E-state index is -2.24. The maximum absolute atomic E-state index is 10.5. The molecular formula is C14H22O3S. The highest BCUT2D eigenvalue weighted by atomic mass is 32.2. The summed E-state index contributed by atoms with van der Waals surface area (Å²) < 4.78 is 23.8. The van der Waals surface area contributed by atoms with Crippen molar-refractivity contribution in [3.8, 4) is 5.75 Å². The summed E-state index contributed by atoms with van der Waals surface area (Å²) in [7, 11) is 0. The van der Waals surface area contributed by atoms with Gasteiger partial charge in [0.2, 0.25) is 0 Å². The van der Waals surface area contributed by atoms with Crippen LogP contribution in [0, 0.1) is 5.92 Å². The zero-order chi connectivity index (χ0) is 13.4. The van der Waals surface area contributed by atoms with Gasteiger partial charge in [0.1, 0.15) is 5.75 Å². The van der Waals surface area contributed by atoms with Crippen molar-refractivity contribution in [2.24, 2.45) is 5.92 Å². The fraction of sp³-hybridized carbons (Fsp3) is 0.571. The molecule has 0 aliphatic heterocycles. The van der Waals surface area contributed by atoms with Gasteiger partial charge < -0.3 is 4.18 Å². The van der Waals surface area contributed by atoms with Gasteiger partial charge in [0.05, 0.1) is 0 Å². The Morgan fingerprint density at radius 1 is 1.28 bits per heavy atom. The van der Waals surface area contributed by atoms with Crippen LogP contribution in [0.25, 0.3) is 0 Å². The van der Waals surface area contributed by atoms with Crippen LogP contribution in [0.5, 0.6) is 5.75 Å². The van der Waals surface area contributed by atoms with Crippen LogP contribution in [0.3, 0.4) is 0 Å². The van der Waals surface area contributed by atoms with E-state index < -0.39 is 11.4 Å². The molecule has 0 saturated carbocycles. The molecule has 0 bridgehead atoms. The summed E-state index contributed by atoms with van der Waals surface area (Å²) in [6, 6.07) is 7.43. The molecule has 18 heavy (non-hydrogen) atoms. The Kier molecular flexibility index (Phi) is 6.98. The molecule has 0 aliphatic rings. The van der Waals surface area contributed by atoms with Crippen molar-refractivity contribution in [1.82, 2.24) is 0 Å². The summed E-state index contributed by atoms with van der Waals surface area (Å²) >= 11 is -2.24. The zero-order valence-electron chi connectivity index (χ0n) is 11.1. The Balaban J connectivity index is 2.53. The van der Waals surface area contributed by atoms with Crippen molar-refractivity contribution in [2.45, 2.75) is 46.0 Å². The topological polar surface area (TPSA) is 46.5 Å². The lowest BCUT2D eigenvalue weighted by molar-refractivity contribution is 0.447. The fourth-order valence-electron chi connectivity index (χ4n) is 2.04. The maximum atomic E-state index is 10.5. The lowest BCUT2D eigenvalue weighted by Gasteiger charge is -2.14. The predicted octanol–water partition coefficient (Wildman–Crippen LogP) is 3.96. The molecule has 0 aliphatic carbocycles. The van der Waals surface area contributed by atoms with E-state index in [0.717, 1.165) is 12.3 Å². The molecule has 0 radical (unpaired) electrons. The third-order valence-electron chi connectivity index (χ3n) is 3.16. The average Bonchev–Trinajstić information content (AvgIpc) is 2.36. The van der Waals surface area contributed by atoms with Gasteiger partial charge in [-0.15, -0.1) is 0 Å². The Morgan fingerprint density at radius 3 is 2.44 bits per heavy atom. The van der Waals surface area contributed by atoms with Crippen LogP contribution < -0.4 is 4.18 Å². The molecule has 1 aromatic rings. The molecule has 0 saturated heterocycles. The van der Waals surface area contributed by atoms with E-state index in [0.29, 0.717) is 5.75 Å². The van der Waals surface area contributed by atoms with Gasteiger partial charge in [-0.05, 0) is 30.0 Å². The van der Waals surface area contributed by atoms with Gasteiger partial charge in [0, 0.05) is 0 Å². The van der Waals surface area contributed by atoms with Crippen molar-refractivity contribution in [3.05, 3.63) is 29.8 Å². The zero-order valence-corrected chi connectivity index (χ0v) is 11.9. The molecule has 1 aromatic carbocycles. The van der Waals surface area contributed by atoms with E-state index in [2.05, 4.69) is 13.8 Å². The largest absolute Gasteiger partial charge is 0.380 e. The quantitative estimate of drug-likeness (QED) is 0.727. The number of rotatable bonds is 8. The van der Waals surface area contributed by atoms with E-state index in [-0.39, 0.29) is 0 Å². The van der Waals surface area contributed by atoms with E-state index in [1.165, 1.54) is 31.2 Å². The molecule has 1 rings (SSSR count). The number of hydrogen-bond acceptors (Lipinski definition) is 2. The van der Waals surface area contributed by atoms with Gasteiger partial charge in [0.15, 0.2) is 0 Å². The van der Waals surface area contributed by atoms with Crippen molar-refractivity contribution >= 4 is 11.4 Å². The summed E-state index contributed by atoms with van der Waals surface area (Å²) in [5.41, 5.74) is 1.26. The monoisotopic (exact) mass is 270 g/mol. The van der Waals surface area contributed by atoms with Crippen molar-refractivity contribution in [3.63, 3.8) is 0 Å². The summed E-state index contributed by atoms with van der Waals surface area (Å²) in [5, 5.41) is 0. The molecule has 0 amide bonds. The average molecular weight is 270 g/mol. The van der Waals surface area contributed by atoms with E-state index in [1.54, 1.807) is 12.1 Å². The first kappa shape index (κ1) is 15.2. The highest BCUT2D eigenvalue weighted by Gasteiger charge is 2.07. The van der Waals surface area contributed by atoms with Crippen LogP contribution in [-0.4, -0.2) is 8.76 Å². The minimum Gasteiger partial charge on any atom is -0.380 e. The molecule has 102 valence electrons. The maximum Gasteiger partial charge on any atom is 0.357 e. The Morgan fingerprint density at radius 2 is 1.94 bits per heavy atom. The van der Waals surface area contributed by atoms with Gasteiger partial charge in [-0.1, -0.05) is 51.7 Å². The van der Waals surface area contributed by atoms with Gasteiger partial charge in [-0.2, -0.15) is 4.21 Å². The third-order valence-corrected chi connectivity index (χ3v) is 3.49. The molecule has 0 spiro atoms. The molecule has 0 fully saturated rings. The van der Waals surface area contributed by atoms with E-state index in [1.807, 2.05) is 12.1 Å². The summed E-state index contributed by atoms with van der Waals surface area (Å²) in [4.78, 5) is 0. The van der Waals surface area contributed by atoms with Crippen LogP contribution in [0.15, 0.2) is 24.3 Å². The number of benzene rings is 1. The second-order valence-electron chi connectivity index (χ2n) is 4.57. The lowest BCUT2D eigenvalue weighted by atomic mass is 9.92. The SMILES string of the molecule is CCCCC(CC)Cc1ccc(OS(=O)O)cc1. The van der Waals surface area contributed by atoms with Gasteiger partial charge >= 0.3 is 11.4 Å². The first-order valence-electron chi connectivity index (χ1n) is 6.53. The normalized spacial score (nSPS) is 14.2. The molecule has 3 nitrogen and oxygen atoms in total. The standard InChI is InChI=1S/C14H22O3S/c1-3-5-6-12(4-2)11-13-7-9-14(10-8-13)17-18(15)16/h7-10,12H,3-6,11H2,1-2H3,(H,15,16). The van der Waals surface area contributed by atoms with E-state index in [4.69, 9.17) is 8.74 Å². The van der Waals surface area contributed by atoms with Crippen LogP contribution in [0.2, 0.25) is 0 Å². The molecule has 0 heterocycles. The van der Waals surface area contributed by atoms with Gasteiger partial charge in [-0.25, -0.2) is 0 Å². The molecule has 2 unspecified atom stereocenters. The highest BCUT2D eigenvalue weighted by Crippen LogP contribution is 2.20. The van der Waals surface area contributed by atoms with Crippen molar-refractivity contribution in [2.75, 3.05) is 0 Å². The molecule has 4 heteroatoms. The molecular weight excluding hydrogens is 248 g/mol. The van der Waals surface area contributed by atoms with Crippen molar-refractivity contribution in [1.29, 1.82) is 0 Å². The van der Waals surface area contributed by atoms with E-state index in [9.17, 15) is 4.21 Å². The van der Waals surface area contributed by atoms with Gasteiger partial charge in [-0.3, -0.25) is 4.55 Å². The smallest absolute Gasteiger partial charge is 0.357 e. The van der Waals surface area contributed by atoms with Crippen LogP contribution in [0.4, 0.5) is 0 Å². The lowest BCUT2D eigenvalue weighted by Crippen LogP contribution is -2.03.